The van der Waals surface area contributed by atoms with E-state index in [2.05, 4.69) is 36.6 Å². The van der Waals surface area contributed by atoms with Gasteiger partial charge in [0, 0.05) is 37.6 Å². The fourth-order valence-electron chi connectivity index (χ4n) is 3.92. The second-order valence-electron chi connectivity index (χ2n) is 8.41. The largest absolute Gasteiger partial charge is 0.493 e. The molecule has 0 saturated carbocycles. The van der Waals surface area contributed by atoms with E-state index < -0.39 is 23.8 Å². The molecule has 1 aliphatic rings. The summed E-state index contributed by atoms with van der Waals surface area (Å²) in [6, 6.07) is 8.70. The first kappa shape index (κ1) is 23.2. The Kier molecular flexibility index (Phi) is 7.62. The molecule has 31 heavy (non-hydrogen) atoms. The van der Waals surface area contributed by atoms with Crippen molar-refractivity contribution < 1.29 is 23.4 Å². The number of aliphatic hydroxyl groups excluding tert-OH is 1. The smallest absolute Gasteiger partial charge is 0.217 e. The zero-order chi connectivity index (χ0) is 22.5. The van der Waals surface area contributed by atoms with E-state index >= 15 is 0 Å². The third-order valence-electron chi connectivity index (χ3n) is 5.54. The number of amides is 1. The molecule has 3 N–H and O–H groups in total. The number of halogens is 2. The van der Waals surface area contributed by atoms with E-state index in [9.17, 15) is 18.7 Å². The van der Waals surface area contributed by atoms with Gasteiger partial charge in [0.15, 0.2) is 0 Å². The van der Waals surface area contributed by atoms with Crippen LogP contribution in [0.25, 0.3) is 0 Å². The standard InChI is InChI=1S/C24H30F2N2O3/c1-14(2)17-4-5-24-20(11-17)21(6-7-31-24)27-13-23(30)22(28-15(3)29)10-16-8-18(25)12-19(26)9-16/h4-5,8-9,11-12,14,21-23,27,30H,6-7,10,13H2,1-3H3,(H,28,29)/t21-,22+,23-/m1/s1. The van der Waals surface area contributed by atoms with Gasteiger partial charge in [-0.25, -0.2) is 8.78 Å². The highest BCUT2D eigenvalue weighted by Crippen LogP contribution is 2.34. The summed E-state index contributed by atoms with van der Waals surface area (Å²) in [6.07, 6.45) is -0.0880. The molecule has 1 amide bonds. The first-order valence-electron chi connectivity index (χ1n) is 10.6. The van der Waals surface area contributed by atoms with Crippen LogP contribution in [-0.4, -0.2) is 36.3 Å². The van der Waals surface area contributed by atoms with Crippen LogP contribution in [0.15, 0.2) is 36.4 Å². The molecule has 0 aliphatic carbocycles. The third-order valence-corrected chi connectivity index (χ3v) is 5.54. The van der Waals surface area contributed by atoms with Crippen LogP contribution in [0, 0.1) is 11.6 Å². The Morgan fingerprint density at radius 3 is 2.55 bits per heavy atom. The number of benzene rings is 2. The van der Waals surface area contributed by atoms with Crippen LogP contribution in [0.3, 0.4) is 0 Å². The third kappa shape index (κ3) is 6.24. The molecule has 0 unspecified atom stereocenters. The first-order chi connectivity index (χ1) is 14.7. The van der Waals surface area contributed by atoms with Gasteiger partial charge in [-0.2, -0.15) is 0 Å². The van der Waals surface area contributed by atoms with Crippen LogP contribution in [0.5, 0.6) is 5.75 Å². The van der Waals surface area contributed by atoms with E-state index in [1.165, 1.54) is 24.6 Å². The maximum absolute atomic E-state index is 13.5. The molecule has 0 bridgehead atoms. The summed E-state index contributed by atoms with van der Waals surface area (Å²) in [5.41, 5.74) is 2.63. The topological polar surface area (TPSA) is 70.6 Å². The predicted octanol–water partition coefficient (Wildman–Crippen LogP) is 3.61. The van der Waals surface area contributed by atoms with Crippen molar-refractivity contribution in [2.75, 3.05) is 13.2 Å². The van der Waals surface area contributed by atoms with E-state index in [0.29, 0.717) is 18.1 Å². The normalized spacial score (nSPS) is 17.6. The molecule has 3 atom stereocenters. The van der Waals surface area contributed by atoms with E-state index in [1.807, 2.05) is 6.07 Å². The quantitative estimate of drug-likeness (QED) is 0.596. The van der Waals surface area contributed by atoms with E-state index in [4.69, 9.17) is 4.74 Å². The molecule has 2 aromatic rings. The lowest BCUT2D eigenvalue weighted by atomic mass is 9.93. The molecule has 5 nitrogen and oxygen atoms in total. The van der Waals surface area contributed by atoms with E-state index in [-0.39, 0.29) is 24.9 Å². The fourth-order valence-corrected chi connectivity index (χ4v) is 3.92. The molecule has 1 heterocycles. The van der Waals surface area contributed by atoms with Gasteiger partial charge < -0.3 is 20.5 Å². The molecular weight excluding hydrogens is 402 g/mol. The molecule has 1 aliphatic heterocycles. The van der Waals surface area contributed by atoms with Crippen LogP contribution in [0.1, 0.15) is 55.8 Å². The number of nitrogens with one attached hydrogen (secondary N) is 2. The average Bonchev–Trinajstić information content (AvgIpc) is 2.70. The summed E-state index contributed by atoms with van der Waals surface area (Å²) < 4.78 is 32.9. The Hall–Kier alpha value is -2.51. The molecular formula is C24H30F2N2O3. The second-order valence-corrected chi connectivity index (χ2v) is 8.41. The lowest BCUT2D eigenvalue weighted by Gasteiger charge is -2.30. The Morgan fingerprint density at radius 1 is 1.19 bits per heavy atom. The Balaban J connectivity index is 1.70. The van der Waals surface area contributed by atoms with Crippen LogP contribution in [0.4, 0.5) is 8.78 Å². The van der Waals surface area contributed by atoms with Crippen molar-refractivity contribution in [1.29, 1.82) is 0 Å². The fraction of sp³-hybridized carbons (Fsp3) is 0.458. The molecule has 0 radical (unpaired) electrons. The second kappa shape index (κ2) is 10.2. The highest BCUT2D eigenvalue weighted by atomic mass is 19.1. The van der Waals surface area contributed by atoms with Gasteiger partial charge in [-0.1, -0.05) is 26.0 Å². The zero-order valence-electron chi connectivity index (χ0n) is 18.1. The van der Waals surface area contributed by atoms with E-state index in [0.717, 1.165) is 23.8 Å². The highest BCUT2D eigenvalue weighted by molar-refractivity contribution is 5.73. The Morgan fingerprint density at radius 2 is 1.90 bits per heavy atom. The molecule has 168 valence electrons. The number of aliphatic hydroxyl groups is 1. The SMILES string of the molecule is CC(=O)N[C@@H](Cc1cc(F)cc(F)c1)[C@H](O)CN[C@@H]1CCOc2ccc(C(C)C)cc21. The number of carbonyl (C=O) groups excluding carboxylic acids is 1. The Bertz CT molecular complexity index is 899. The average molecular weight is 433 g/mol. The summed E-state index contributed by atoms with van der Waals surface area (Å²) in [7, 11) is 0. The van der Waals surface area contributed by atoms with Gasteiger partial charge in [-0.15, -0.1) is 0 Å². The van der Waals surface area contributed by atoms with Crippen LogP contribution >= 0.6 is 0 Å². The highest BCUT2D eigenvalue weighted by Gasteiger charge is 2.26. The maximum Gasteiger partial charge on any atom is 0.217 e. The molecule has 2 aromatic carbocycles. The van der Waals surface area contributed by atoms with Crippen molar-refractivity contribution in [3.05, 3.63) is 64.7 Å². The molecule has 0 aromatic heterocycles. The maximum atomic E-state index is 13.5. The molecule has 3 rings (SSSR count). The summed E-state index contributed by atoms with van der Waals surface area (Å²) in [4.78, 5) is 11.6. The molecule has 7 heteroatoms. The molecule has 0 spiro atoms. The van der Waals surface area contributed by atoms with Gasteiger partial charge in [-0.05, 0) is 41.7 Å². The lowest BCUT2D eigenvalue weighted by Crippen LogP contribution is -2.48. The van der Waals surface area contributed by atoms with Crippen molar-refractivity contribution >= 4 is 5.91 Å². The predicted molar refractivity (Wildman–Crippen MR) is 115 cm³/mol. The number of ether oxygens (including phenoxy) is 1. The summed E-state index contributed by atoms with van der Waals surface area (Å²) >= 11 is 0. The number of rotatable bonds is 8. The summed E-state index contributed by atoms with van der Waals surface area (Å²) in [5, 5.41) is 16.9. The summed E-state index contributed by atoms with van der Waals surface area (Å²) in [5.74, 6) is -0.489. The van der Waals surface area contributed by atoms with Gasteiger partial charge in [0.1, 0.15) is 17.4 Å². The minimum absolute atomic E-state index is 0.00157. The van der Waals surface area contributed by atoms with Crippen LogP contribution in [0.2, 0.25) is 0 Å². The minimum Gasteiger partial charge on any atom is -0.493 e. The van der Waals surface area contributed by atoms with Crippen molar-refractivity contribution in [2.24, 2.45) is 0 Å². The number of fused-ring (bicyclic) bond motifs is 1. The molecule has 0 fully saturated rings. The van der Waals surface area contributed by atoms with Crippen LogP contribution < -0.4 is 15.4 Å². The summed E-state index contributed by atoms with van der Waals surface area (Å²) in [6.45, 7) is 6.38. The van der Waals surface area contributed by atoms with E-state index in [1.54, 1.807) is 0 Å². The van der Waals surface area contributed by atoms with Crippen LogP contribution in [-0.2, 0) is 11.2 Å². The van der Waals surface area contributed by atoms with Crippen molar-refractivity contribution in [1.82, 2.24) is 10.6 Å². The Labute approximate surface area is 181 Å². The minimum atomic E-state index is -0.949. The lowest BCUT2D eigenvalue weighted by molar-refractivity contribution is -0.120. The van der Waals surface area contributed by atoms with Gasteiger partial charge in [0.2, 0.25) is 5.91 Å². The van der Waals surface area contributed by atoms with Crippen molar-refractivity contribution in [2.45, 2.75) is 57.7 Å². The van der Waals surface area contributed by atoms with Gasteiger partial charge in [-0.3, -0.25) is 4.79 Å². The van der Waals surface area contributed by atoms with Gasteiger partial charge >= 0.3 is 0 Å². The monoisotopic (exact) mass is 432 g/mol. The van der Waals surface area contributed by atoms with Crippen molar-refractivity contribution in [3.8, 4) is 5.75 Å². The number of hydrogen-bond donors (Lipinski definition) is 3. The van der Waals surface area contributed by atoms with Gasteiger partial charge in [0.05, 0.1) is 18.8 Å². The van der Waals surface area contributed by atoms with Crippen molar-refractivity contribution in [3.63, 3.8) is 0 Å². The number of hydrogen-bond acceptors (Lipinski definition) is 4. The zero-order valence-corrected chi connectivity index (χ0v) is 18.1. The molecule has 0 saturated heterocycles. The first-order valence-corrected chi connectivity index (χ1v) is 10.6. The van der Waals surface area contributed by atoms with Gasteiger partial charge in [0.25, 0.3) is 0 Å². The number of carbonyl (C=O) groups is 1.